The molecule has 0 fully saturated rings. The van der Waals surface area contributed by atoms with E-state index in [2.05, 4.69) is 11.9 Å². The quantitative estimate of drug-likeness (QED) is 0.471. The van der Waals surface area contributed by atoms with Gasteiger partial charge in [0, 0.05) is 28.7 Å². The maximum atomic E-state index is 13.7. The topological polar surface area (TPSA) is 63.2 Å². The Morgan fingerprint density at radius 1 is 1.50 bits per heavy atom. The van der Waals surface area contributed by atoms with Crippen molar-refractivity contribution < 1.29 is 17.6 Å². The molecule has 1 rings (SSSR count). The third-order valence-corrected chi connectivity index (χ3v) is 4.55. The Hall–Kier alpha value is -1.05. The van der Waals surface area contributed by atoms with E-state index in [0.29, 0.717) is 12.3 Å². The highest BCUT2D eigenvalue weighted by Gasteiger charge is 2.16. The molecule has 0 spiro atoms. The van der Waals surface area contributed by atoms with Gasteiger partial charge in [0.05, 0.1) is 10.5 Å². The zero-order chi connectivity index (χ0) is 15.2. The molecule has 0 bridgehead atoms. The summed E-state index contributed by atoms with van der Waals surface area (Å²) in [7, 11) is 1.08. The predicted molar refractivity (Wildman–Crippen MR) is 79.3 cm³/mol. The number of halogens is 2. The first-order valence-corrected chi connectivity index (χ1v) is 9.03. The Kier molecular flexibility index (Phi) is 6.51. The van der Waals surface area contributed by atoms with Gasteiger partial charge in [0.2, 0.25) is 0 Å². The van der Waals surface area contributed by atoms with E-state index in [1.54, 1.807) is 17.8 Å². The van der Waals surface area contributed by atoms with E-state index >= 15 is 0 Å². The second kappa shape index (κ2) is 7.66. The van der Waals surface area contributed by atoms with Crippen molar-refractivity contribution in [2.24, 2.45) is 0 Å². The smallest absolute Gasteiger partial charge is 0.261 e. The molecule has 0 aliphatic carbocycles. The van der Waals surface area contributed by atoms with Crippen LogP contribution >= 0.6 is 22.4 Å². The minimum Gasteiger partial charge on any atom is -0.351 e. The average Bonchev–Trinajstić information content (AvgIpc) is 2.37. The average molecular weight is 338 g/mol. The summed E-state index contributed by atoms with van der Waals surface area (Å²) in [6, 6.07) is 2.91. The Balaban J connectivity index is 2.68. The molecule has 110 valence electrons. The van der Waals surface area contributed by atoms with Crippen molar-refractivity contribution in [2.75, 3.05) is 18.1 Å². The number of rotatable bonds is 7. The van der Waals surface area contributed by atoms with Crippen molar-refractivity contribution in [3.63, 3.8) is 0 Å². The number of amides is 1. The van der Waals surface area contributed by atoms with E-state index in [-0.39, 0.29) is 10.5 Å². The van der Waals surface area contributed by atoms with Crippen LogP contribution in [0.3, 0.4) is 0 Å². The summed E-state index contributed by atoms with van der Waals surface area (Å²) in [6.45, 7) is 3.94. The Labute approximate surface area is 125 Å². The zero-order valence-electron chi connectivity index (χ0n) is 10.4. The highest BCUT2D eigenvalue weighted by atomic mass is 35.7. The number of hydrogen-bond donors (Lipinski definition) is 1. The minimum absolute atomic E-state index is 0.220. The SMILES string of the molecule is C=CCSCCNC(=O)c1ccc(S(=O)(=O)Cl)cc1F. The lowest BCUT2D eigenvalue weighted by Crippen LogP contribution is -2.26. The maximum absolute atomic E-state index is 13.7. The molecule has 0 heterocycles. The molecule has 8 heteroatoms. The molecule has 0 unspecified atom stereocenters. The molecule has 0 saturated carbocycles. The summed E-state index contributed by atoms with van der Waals surface area (Å²) in [5.74, 6) is -0.0803. The normalized spacial score (nSPS) is 11.1. The number of thioether (sulfide) groups is 1. The van der Waals surface area contributed by atoms with Crippen LogP contribution < -0.4 is 5.32 Å². The van der Waals surface area contributed by atoms with E-state index in [0.717, 1.165) is 24.0 Å². The molecular weight excluding hydrogens is 325 g/mol. The lowest BCUT2D eigenvalue weighted by molar-refractivity contribution is 0.0952. The minimum atomic E-state index is -4.01. The Morgan fingerprint density at radius 2 is 2.20 bits per heavy atom. The molecule has 0 aliphatic rings. The molecule has 0 aliphatic heterocycles. The van der Waals surface area contributed by atoms with Gasteiger partial charge in [0.15, 0.2) is 0 Å². The maximum Gasteiger partial charge on any atom is 0.261 e. The third-order valence-electron chi connectivity index (χ3n) is 2.23. The number of carbonyl (C=O) groups is 1. The summed E-state index contributed by atoms with van der Waals surface area (Å²) in [6.07, 6.45) is 1.75. The molecule has 0 radical (unpaired) electrons. The summed E-state index contributed by atoms with van der Waals surface area (Å²) < 4.78 is 35.7. The zero-order valence-corrected chi connectivity index (χ0v) is 12.8. The van der Waals surface area contributed by atoms with E-state index in [4.69, 9.17) is 10.7 Å². The van der Waals surface area contributed by atoms with Crippen LogP contribution in [0.15, 0.2) is 35.7 Å². The summed E-state index contributed by atoms with van der Waals surface area (Å²) in [5.41, 5.74) is -0.220. The van der Waals surface area contributed by atoms with E-state index < -0.39 is 20.8 Å². The first-order valence-electron chi connectivity index (χ1n) is 5.57. The second-order valence-electron chi connectivity index (χ2n) is 3.70. The first-order chi connectivity index (χ1) is 9.36. The van der Waals surface area contributed by atoms with Crippen LogP contribution in [0.4, 0.5) is 4.39 Å². The van der Waals surface area contributed by atoms with E-state index in [9.17, 15) is 17.6 Å². The molecule has 1 aromatic carbocycles. The molecule has 1 aromatic rings. The van der Waals surface area contributed by atoms with Crippen molar-refractivity contribution in [3.8, 4) is 0 Å². The van der Waals surface area contributed by atoms with Crippen LogP contribution in [0.25, 0.3) is 0 Å². The van der Waals surface area contributed by atoms with E-state index in [1.807, 2.05) is 0 Å². The standard InChI is InChI=1S/C12H13ClFNO3S2/c1-2-6-19-7-5-15-12(16)10-4-3-9(8-11(10)14)20(13,17)18/h2-4,8H,1,5-7H2,(H,15,16). The number of carbonyl (C=O) groups excluding carboxylic acids is 1. The second-order valence-corrected chi connectivity index (χ2v) is 7.41. The van der Waals surface area contributed by atoms with Gasteiger partial charge in [-0.3, -0.25) is 4.79 Å². The van der Waals surface area contributed by atoms with Crippen molar-refractivity contribution in [2.45, 2.75) is 4.90 Å². The predicted octanol–water partition coefficient (Wildman–Crippen LogP) is 2.40. The summed E-state index contributed by atoms with van der Waals surface area (Å²) >= 11 is 1.58. The molecule has 1 N–H and O–H groups in total. The number of nitrogens with one attached hydrogen (secondary N) is 1. The van der Waals surface area contributed by atoms with Gasteiger partial charge in [-0.2, -0.15) is 11.8 Å². The number of benzene rings is 1. The van der Waals surface area contributed by atoms with Gasteiger partial charge in [-0.25, -0.2) is 12.8 Å². The van der Waals surface area contributed by atoms with Crippen LogP contribution in [-0.2, 0) is 9.05 Å². The fourth-order valence-electron chi connectivity index (χ4n) is 1.33. The van der Waals surface area contributed by atoms with Crippen molar-refractivity contribution in [1.29, 1.82) is 0 Å². The van der Waals surface area contributed by atoms with Crippen LogP contribution in [0.2, 0.25) is 0 Å². The number of hydrogen-bond acceptors (Lipinski definition) is 4. The van der Waals surface area contributed by atoms with Gasteiger partial charge in [0.1, 0.15) is 5.82 Å². The van der Waals surface area contributed by atoms with Gasteiger partial charge in [-0.15, -0.1) is 6.58 Å². The lowest BCUT2D eigenvalue weighted by Gasteiger charge is -2.06. The molecule has 20 heavy (non-hydrogen) atoms. The van der Waals surface area contributed by atoms with Crippen LogP contribution in [0.1, 0.15) is 10.4 Å². The molecule has 0 atom stereocenters. The highest BCUT2D eigenvalue weighted by molar-refractivity contribution is 8.13. The monoisotopic (exact) mass is 337 g/mol. The third kappa shape index (κ3) is 5.15. The molecule has 0 aromatic heterocycles. The van der Waals surface area contributed by atoms with Crippen LogP contribution in [-0.4, -0.2) is 32.4 Å². The van der Waals surface area contributed by atoms with Crippen molar-refractivity contribution in [1.82, 2.24) is 5.32 Å². The van der Waals surface area contributed by atoms with Gasteiger partial charge < -0.3 is 5.32 Å². The molecule has 4 nitrogen and oxygen atoms in total. The van der Waals surface area contributed by atoms with Crippen molar-refractivity contribution >= 4 is 37.4 Å². The molecule has 1 amide bonds. The van der Waals surface area contributed by atoms with Crippen molar-refractivity contribution in [3.05, 3.63) is 42.2 Å². The van der Waals surface area contributed by atoms with Crippen LogP contribution in [0, 0.1) is 5.82 Å². The first kappa shape index (κ1) is 17.0. The molecular formula is C12H13ClFNO3S2. The van der Waals surface area contributed by atoms with Gasteiger partial charge >= 0.3 is 0 Å². The summed E-state index contributed by atoms with van der Waals surface area (Å²) in [4.78, 5) is 11.3. The fraction of sp³-hybridized carbons (Fsp3) is 0.250. The summed E-state index contributed by atoms with van der Waals surface area (Å²) in [5, 5.41) is 2.54. The van der Waals surface area contributed by atoms with Gasteiger partial charge in [0.25, 0.3) is 15.0 Å². The van der Waals surface area contributed by atoms with E-state index in [1.165, 1.54) is 0 Å². The Bertz CT molecular complexity index is 605. The highest BCUT2D eigenvalue weighted by Crippen LogP contribution is 2.18. The largest absolute Gasteiger partial charge is 0.351 e. The van der Waals surface area contributed by atoms with Gasteiger partial charge in [-0.05, 0) is 18.2 Å². The Morgan fingerprint density at radius 3 is 2.75 bits per heavy atom. The van der Waals surface area contributed by atoms with Gasteiger partial charge in [-0.1, -0.05) is 6.08 Å². The fourth-order valence-corrected chi connectivity index (χ4v) is 2.67. The van der Waals surface area contributed by atoms with Crippen LogP contribution in [0.5, 0.6) is 0 Å². The lowest BCUT2D eigenvalue weighted by atomic mass is 10.2. The molecule has 0 saturated heterocycles.